The number of benzene rings is 1. The van der Waals surface area contributed by atoms with Crippen LogP contribution in [0.1, 0.15) is 38.7 Å². The minimum Gasteiger partial charge on any atom is -0.345 e. The van der Waals surface area contributed by atoms with E-state index in [0.29, 0.717) is 0 Å². The van der Waals surface area contributed by atoms with Gasteiger partial charge in [-0.2, -0.15) is 0 Å². The first kappa shape index (κ1) is 12.9. The maximum absolute atomic E-state index is 6.20. The third-order valence-corrected chi connectivity index (χ3v) is 3.95. The van der Waals surface area contributed by atoms with Crippen LogP contribution in [0.25, 0.3) is 5.57 Å². The summed E-state index contributed by atoms with van der Waals surface area (Å²) in [6.45, 7) is 5.90. The van der Waals surface area contributed by atoms with Crippen LogP contribution in [0.15, 0.2) is 36.4 Å². The Balaban J connectivity index is 1.92. The van der Waals surface area contributed by atoms with Gasteiger partial charge in [-0.05, 0) is 18.4 Å². The van der Waals surface area contributed by atoms with Crippen molar-refractivity contribution in [1.82, 2.24) is 0 Å². The topological polar surface area (TPSA) is 18.5 Å². The van der Waals surface area contributed by atoms with Crippen LogP contribution in [0.5, 0.6) is 0 Å². The molecule has 19 heavy (non-hydrogen) atoms. The molecule has 0 aromatic heterocycles. The smallest absolute Gasteiger partial charge is 0.195 e. The van der Waals surface area contributed by atoms with Gasteiger partial charge in [-0.25, -0.2) is 0 Å². The van der Waals surface area contributed by atoms with E-state index in [4.69, 9.17) is 9.47 Å². The monoisotopic (exact) mass is 258 g/mol. The lowest BCUT2D eigenvalue weighted by Gasteiger charge is -2.46. The Labute approximate surface area is 115 Å². The highest BCUT2D eigenvalue weighted by molar-refractivity contribution is 5.71. The van der Waals surface area contributed by atoms with Crippen molar-refractivity contribution in [3.8, 4) is 0 Å². The van der Waals surface area contributed by atoms with Crippen LogP contribution < -0.4 is 0 Å². The lowest BCUT2D eigenvalue weighted by atomic mass is 9.85. The van der Waals surface area contributed by atoms with Crippen LogP contribution in [-0.4, -0.2) is 19.0 Å². The molecule has 1 aliphatic heterocycles. The van der Waals surface area contributed by atoms with E-state index in [-0.39, 0.29) is 5.41 Å². The van der Waals surface area contributed by atoms with Crippen LogP contribution in [0.3, 0.4) is 0 Å². The van der Waals surface area contributed by atoms with Crippen molar-refractivity contribution in [3.63, 3.8) is 0 Å². The molecule has 0 N–H and O–H groups in total. The third-order valence-electron chi connectivity index (χ3n) is 3.95. The van der Waals surface area contributed by atoms with Gasteiger partial charge >= 0.3 is 0 Å². The maximum atomic E-state index is 6.20. The third kappa shape index (κ3) is 2.47. The van der Waals surface area contributed by atoms with Crippen LogP contribution in [0.4, 0.5) is 0 Å². The summed E-state index contributed by atoms with van der Waals surface area (Å²) in [7, 11) is 0. The standard InChI is InChI=1S/C17H22O2/c1-16(2)12-18-17(19-13-16)11-7-6-10-15(17)14-8-4-3-5-9-14/h3-5,8-10H,6-7,11-13H2,1-2H3. The van der Waals surface area contributed by atoms with Gasteiger partial charge in [-0.3, -0.25) is 0 Å². The van der Waals surface area contributed by atoms with E-state index in [1.54, 1.807) is 0 Å². The van der Waals surface area contributed by atoms with Gasteiger partial charge in [0.2, 0.25) is 0 Å². The summed E-state index contributed by atoms with van der Waals surface area (Å²) >= 11 is 0. The normalized spacial score (nSPS) is 25.1. The molecule has 0 saturated carbocycles. The second-order valence-corrected chi connectivity index (χ2v) is 6.37. The first-order valence-corrected chi connectivity index (χ1v) is 7.15. The minimum atomic E-state index is -0.505. The van der Waals surface area contributed by atoms with Crippen molar-refractivity contribution in [2.24, 2.45) is 5.41 Å². The van der Waals surface area contributed by atoms with Gasteiger partial charge in [0.05, 0.1) is 13.2 Å². The molecule has 1 heterocycles. The summed E-state index contributed by atoms with van der Waals surface area (Å²) < 4.78 is 12.4. The predicted octanol–water partition coefficient (Wildman–Crippen LogP) is 4.02. The molecule has 1 aliphatic carbocycles. The van der Waals surface area contributed by atoms with Gasteiger partial charge in [-0.1, -0.05) is 50.3 Å². The number of allylic oxidation sites excluding steroid dienone is 1. The van der Waals surface area contributed by atoms with Crippen molar-refractivity contribution >= 4 is 5.57 Å². The predicted molar refractivity (Wildman–Crippen MR) is 76.7 cm³/mol. The van der Waals surface area contributed by atoms with Gasteiger partial charge in [0, 0.05) is 17.4 Å². The molecular formula is C17H22O2. The lowest BCUT2D eigenvalue weighted by Crippen LogP contribution is -2.49. The summed E-state index contributed by atoms with van der Waals surface area (Å²) in [5, 5.41) is 0. The Morgan fingerprint density at radius 3 is 2.37 bits per heavy atom. The molecule has 0 bridgehead atoms. The highest BCUT2D eigenvalue weighted by atomic mass is 16.7. The van der Waals surface area contributed by atoms with Crippen LogP contribution in [-0.2, 0) is 9.47 Å². The first-order chi connectivity index (χ1) is 9.11. The number of hydrogen-bond acceptors (Lipinski definition) is 2. The summed E-state index contributed by atoms with van der Waals surface area (Å²) in [4.78, 5) is 0. The molecular weight excluding hydrogens is 236 g/mol. The summed E-state index contributed by atoms with van der Waals surface area (Å²) in [6.07, 6.45) is 5.50. The van der Waals surface area contributed by atoms with Gasteiger partial charge in [0.25, 0.3) is 0 Å². The van der Waals surface area contributed by atoms with Gasteiger partial charge in [0.1, 0.15) is 0 Å². The highest BCUT2D eigenvalue weighted by Crippen LogP contribution is 2.44. The molecule has 3 rings (SSSR count). The largest absolute Gasteiger partial charge is 0.345 e. The van der Waals surface area contributed by atoms with E-state index >= 15 is 0 Å². The molecule has 2 heteroatoms. The Morgan fingerprint density at radius 1 is 1.00 bits per heavy atom. The fourth-order valence-electron chi connectivity index (χ4n) is 2.83. The number of ether oxygens (including phenoxy) is 2. The maximum Gasteiger partial charge on any atom is 0.195 e. The molecule has 102 valence electrons. The molecule has 2 nitrogen and oxygen atoms in total. The number of rotatable bonds is 1. The summed E-state index contributed by atoms with van der Waals surface area (Å²) in [6, 6.07) is 10.5. The second kappa shape index (κ2) is 4.77. The van der Waals surface area contributed by atoms with E-state index in [2.05, 4.69) is 44.2 Å². The van der Waals surface area contributed by atoms with Crippen molar-refractivity contribution < 1.29 is 9.47 Å². The average molecular weight is 258 g/mol. The molecule has 0 amide bonds. The first-order valence-electron chi connectivity index (χ1n) is 7.15. The van der Waals surface area contributed by atoms with Gasteiger partial charge < -0.3 is 9.47 Å². The molecule has 0 atom stereocenters. The fourth-order valence-corrected chi connectivity index (χ4v) is 2.83. The lowest BCUT2D eigenvalue weighted by molar-refractivity contribution is -0.269. The zero-order chi connectivity index (χ0) is 13.3. The molecule has 1 spiro atoms. The van der Waals surface area contributed by atoms with Crippen LogP contribution >= 0.6 is 0 Å². The molecule has 1 fully saturated rings. The van der Waals surface area contributed by atoms with Crippen molar-refractivity contribution in [1.29, 1.82) is 0 Å². The second-order valence-electron chi connectivity index (χ2n) is 6.37. The molecule has 1 aromatic rings. The van der Waals surface area contributed by atoms with Gasteiger partial charge in [0.15, 0.2) is 5.79 Å². The van der Waals surface area contributed by atoms with Crippen molar-refractivity contribution in [2.75, 3.05) is 13.2 Å². The van der Waals surface area contributed by atoms with Crippen LogP contribution in [0, 0.1) is 5.41 Å². The Kier molecular flexibility index (Phi) is 3.23. The van der Waals surface area contributed by atoms with E-state index < -0.39 is 5.79 Å². The molecule has 1 aromatic carbocycles. The molecule has 0 unspecified atom stereocenters. The minimum absolute atomic E-state index is 0.116. The van der Waals surface area contributed by atoms with E-state index in [9.17, 15) is 0 Å². The Morgan fingerprint density at radius 2 is 1.68 bits per heavy atom. The quantitative estimate of drug-likeness (QED) is 0.757. The fraction of sp³-hybridized carbons (Fsp3) is 0.529. The summed E-state index contributed by atoms with van der Waals surface area (Å²) in [5.74, 6) is -0.505. The van der Waals surface area contributed by atoms with E-state index in [1.165, 1.54) is 11.1 Å². The van der Waals surface area contributed by atoms with E-state index in [0.717, 1.165) is 32.5 Å². The Hall–Kier alpha value is -1.12. The number of hydrogen-bond donors (Lipinski definition) is 0. The summed E-state index contributed by atoms with van der Waals surface area (Å²) in [5.41, 5.74) is 2.56. The highest BCUT2D eigenvalue weighted by Gasteiger charge is 2.44. The zero-order valence-electron chi connectivity index (χ0n) is 11.8. The molecule has 2 aliphatic rings. The van der Waals surface area contributed by atoms with Crippen molar-refractivity contribution in [3.05, 3.63) is 42.0 Å². The average Bonchev–Trinajstić information content (AvgIpc) is 2.44. The molecule has 0 radical (unpaired) electrons. The van der Waals surface area contributed by atoms with Crippen LogP contribution in [0.2, 0.25) is 0 Å². The van der Waals surface area contributed by atoms with Gasteiger partial charge in [-0.15, -0.1) is 0 Å². The van der Waals surface area contributed by atoms with Crippen molar-refractivity contribution in [2.45, 2.75) is 38.9 Å². The van der Waals surface area contributed by atoms with E-state index in [1.807, 2.05) is 6.07 Å². The Bertz CT molecular complexity index is 463. The zero-order valence-corrected chi connectivity index (χ0v) is 11.8. The molecule has 1 saturated heterocycles. The SMILES string of the molecule is CC1(C)COC2(CCCC=C2c2ccccc2)OC1.